The van der Waals surface area contributed by atoms with Gasteiger partial charge >= 0.3 is 0 Å². The van der Waals surface area contributed by atoms with E-state index < -0.39 is 0 Å². The van der Waals surface area contributed by atoms with Crippen LogP contribution in [0.5, 0.6) is 0 Å². The first-order valence-electron chi connectivity index (χ1n) is 1.93. The van der Waals surface area contributed by atoms with Crippen molar-refractivity contribution >= 4 is 12.2 Å². The molecule has 1 rings (SSSR count). The molecular formula is C5H4OSZn. The monoisotopic (exact) mass is 176 g/mol. The van der Waals surface area contributed by atoms with Gasteiger partial charge in [-0.15, -0.1) is 0 Å². The second-order valence-corrected chi connectivity index (χ2v) is 1.53. The maximum Gasteiger partial charge on any atom is 0.189 e. The Labute approximate surface area is 65.5 Å². The Morgan fingerprint density at radius 1 is 1.38 bits per heavy atom. The average molecular weight is 178 g/mol. The van der Waals surface area contributed by atoms with Gasteiger partial charge in [0.25, 0.3) is 0 Å². The zero-order chi connectivity index (χ0) is 5.11. The molecule has 0 N–H and O–H groups in total. The van der Waals surface area contributed by atoms with Crippen molar-refractivity contribution in [1.29, 1.82) is 0 Å². The minimum absolute atomic E-state index is 0. The van der Waals surface area contributed by atoms with Crippen molar-refractivity contribution in [3.8, 4) is 0 Å². The molecule has 0 saturated heterocycles. The molecule has 1 nitrogen and oxygen atoms in total. The van der Waals surface area contributed by atoms with Crippen LogP contribution in [0.4, 0.5) is 0 Å². The van der Waals surface area contributed by atoms with Crippen molar-refractivity contribution in [1.82, 2.24) is 0 Å². The van der Waals surface area contributed by atoms with Crippen LogP contribution in [0.15, 0.2) is 28.9 Å². The van der Waals surface area contributed by atoms with Gasteiger partial charge < -0.3 is 4.42 Å². The fourth-order valence-electron chi connectivity index (χ4n) is 0.325. The summed E-state index contributed by atoms with van der Waals surface area (Å²) >= 11 is 4.65. The molecule has 1 heterocycles. The second kappa shape index (κ2) is 3.93. The Bertz CT molecular complexity index is 178. The average Bonchev–Trinajstić information content (AvgIpc) is 1.69. The van der Waals surface area contributed by atoms with Crippen LogP contribution in [0.3, 0.4) is 0 Å². The molecule has 1 aromatic rings. The van der Waals surface area contributed by atoms with Gasteiger partial charge in [0.15, 0.2) is 4.71 Å². The van der Waals surface area contributed by atoms with E-state index in [0.717, 1.165) is 0 Å². The molecule has 0 aliphatic rings. The fourth-order valence-corrected chi connectivity index (χ4v) is 0.459. The Kier molecular flexibility index (Phi) is 3.93. The van der Waals surface area contributed by atoms with Crippen LogP contribution in [0, 0.1) is 4.71 Å². The summed E-state index contributed by atoms with van der Waals surface area (Å²) in [4.78, 5) is 0. The number of hydrogen-bond donors (Lipinski definition) is 0. The van der Waals surface area contributed by atoms with Gasteiger partial charge in [-0.25, -0.2) is 0 Å². The summed E-state index contributed by atoms with van der Waals surface area (Å²) in [6.45, 7) is 0. The summed E-state index contributed by atoms with van der Waals surface area (Å²) in [7, 11) is 0. The fraction of sp³-hybridized carbons (Fsp3) is 0. The van der Waals surface area contributed by atoms with Gasteiger partial charge in [0.1, 0.15) is 0 Å². The van der Waals surface area contributed by atoms with Gasteiger partial charge in [0.2, 0.25) is 0 Å². The Hall–Kier alpha value is -0.00662. The van der Waals surface area contributed by atoms with E-state index in [1.807, 2.05) is 6.07 Å². The van der Waals surface area contributed by atoms with Crippen LogP contribution in [0.2, 0.25) is 0 Å². The van der Waals surface area contributed by atoms with E-state index in [2.05, 4.69) is 12.2 Å². The first-order valence-corrected chi connectivity index (χ1v) is 2.34. The summed E-state index contributed by atoms with van der Waals surface area (Å²) in [6.07, 6.45) is 1.56. The smallest absolute Gasteiger partial charge is 0.189 e. The molecule has 0 radical (unpaired) electrons. The van der Waals surface area contributed by atoms with E-state index in [9.17, 15) is 0 Å². The molecule has 0 fully saturated rings. The predicted octanol–water partition coefficient (Wildman–Crippen LogP) is 2.01. The Morgan fingerprint density at radius 3 is 2.38 bits per heavy atom. The Balaban J connectivity index is 0.000000490. The third-order valence-electron chi connectivity index (χ3n) is 0.606. The summed E-state index contributed by atoms with van der Waals surface area (Å²) in [5.41, 5.74) is 0. The molecule has 8 heavy (non-hydrogen) atoms. The van der Waals surface area contributed by atoms with Crippen LogP contribution < -0.4 is 0 Å². The van der Waals surface area contributed by atoms with E-state index in [1.165, 1.54) is 0 Å². The number of rotatable bonds is 0. The molecular weight excluding hydrogens is 174 g/mol. The summed E-state index contributed by atoms with van der Waals surface area (Å²) in [5.74, 6) is 0. The van der Waals surface area contributed by atoms with Crippen molar-refractivity contribution in [3.05, 3.63) is 29.2 Å². The molecule has 0 bridgehead atoms. The van der Waals surface area contributed by atoms with E-state index in [-0.39, 0.29) is 19.5 Å². The minimum atomic E-state index is 0. The molecule has 3 heteroatoms. The van der Waals surface area contributed by atoms with E-state index in [4.69, 9.17) is 4.42 Å². The normalized spacial score (nSPS) is 7.50. The molecule has 0 amide bonds. The van der Waals surface area contributed by atoms with Crippen molar-refractivity contribution in [2.24, 2.45) is 0 Å². The van der Waals surface area contributed by atoms with Gasteiger partial charge in [0, 0.05) is 19.5 Å². The maximum absolute atomic E-state index is 4.74. The summed E-state index contributed by atoms with van der Waals surface area (Å²) < 4.78 is 5.27. The molecule has 0 unspecified atom stereocenters. The molecule has 0 atom stereocenters. The largest absolute Gasteiger partial charge is 0.454 e. The van der Waals surface area contributed by atoms with Crippen molar-refractivity contribution in [2.75, 3.05) is 0 Å². The second-order valence-electron chi connectivity index (χ2n) is 1.12. The molecule has 0 aliphatic heterocycles. The maximum atomic E-state index is 4.74. The van der Waals surface area contributed by atoms with Crippen LogP contribution in [0.1, 0.15) is 0 Å². The van der Waals surface area contributed by atoms with Crippen LogP contribution in [-0.2, 0) is 19.5 Å². The molecule has 0 aromatic carbocycles. The van der Waals surface area contributed by atoms with Crippen LogP contribution >= 0.6 is 12.2 Å². The zero-order valence-corrected chi connectivity index (χ0v) is 8.12. The van der Waals surface area contributed by atoms with E-state index in [1.54, 1.807) is 18.4 Å². The molecule has 1 aromatic heterocycles. The first kappa shape index (κ1) is 7.99. The quantitative estimate of drug-likeness (QED) is 0.444. The van der Waals surface area contributed by atoms with Crippen LogP contribution in [-0.4, -0.2) is 0 Å². The third kappa shape index (κ3) is 2.34. The summed E-state index contributed by atoms with van der Waals surface area (Å²) in [6, 6.07) is 5.36. The van der Waals surface area contributed by atoms with Gasteiger partial charge in [-0.1, -0.05) is 6.07 Å². The van der Waals surface area contributed by atoms with Crippen molar-refractivity contribution in [3.63, 3.8) is 0 Å². The topological polar surface area (TPSA) is 13.1 Å². The van der Waals surface area contributed by atoms with Gasteiger partial charge in [0.05, 0.1) is 6.26 Å². The molecule has 0 spiro atoms. The van der Waals surface area contributed by atoms with Crippen molar-refractivity contribution < 1.29 is 23.9 Å². The Morgan fingerprint density at radius 2 is 2.12 bits per heavy atom. The summed E-state index contributed by atoms with van der Waals surface area (Å²) in [5, 5.41) is 0. The van der Waals surface area contributed by atoms with Gasteiger partial charge in [-0.05, 0) is 24.4 Å². The third-order valence-corrected chi connectivity index (χ3v) is 0.838. The van der Waals surface area contributed by atoms with Crippen LogP contribution in [0.25, 0.3) is 0 Å². The standard InChI is InChI=1S/C5H4OS.Zn/c7-5-3-1-2-4-6-5;/h1-4H;. The SMILES string of the molecule is S=c1cccco1.[Zn]. The van der Waals surface area contributed by atoms with Crippen molar-refractivity contribution in [2.45, 2.75) is 0 Å². The van der Waals surface area contributed by atoms with Gasteiger partial charge in [-0.3, -0.25) is 0 Å². The van der Waals surface area contributed by atoms with E-state index >= 15 is 0 Å². The van der Waals surface area contributed by atoms with Gasteiger partial charge in [-0.2, -0.15) is 0 Å². The molecule has 0 aliphatic carbocycles. The minimum Gasteiger partial charge on any atom is -0.454 e. The predicted molar refractivity (Wildman–Crippen MR) is 29.5 cm³/mol. The zero-order valence-electron chi connectivity index (χ0n) is 4.33. The number of hydrogen-bond acceptors (Lipinski definition) is 2. The molecule has 0 saturated carbocycles. The van der Waals surface area contributed by atoms with E-state index in [0.29, 0.717) is 4.71 Å². The molecule has 38 valence electrons. The first-order chi connectivity index (χ1) is 3.39.